The van der Waals surface area contributed by atoms with Crippen molar-refractivity contribution in [1.82, 2.24) is 19.7 Å². The number of hydrogen-bond acceptors (Lipinski definition) is 6. The number of hydrogen-bond donors (Lipinski definition) is 2. The first-order chi connectivity index (χ1) is 17.4. The molecule has 3 N–H and O–H groups in total. The zero-order valence-electron chi connectivity index (χ0n) is 18.9. The average Bonchev–Trinajstić information content (AvgIpc) is 3.26. The summed E-state index contributed by atoms with van der Waals surface area (Å²) in [6.45, 7) is 0.332. The first kappa shape index (κ1) is 22.3. The van der Waals surface area contributed by atoms with Crippen LogP contribution in [0, 0.1) is 5.82 Å². The number of nitrogens with two attached hydrogens (primary N) is 1. The van der Waals surface area contributed by atoms with Crippen molar-refractivity contribution < 1.29 is 18.7 Å². The number of benzene rings is 2. The van der Waals surface area contributed by atoms with Crippen LogP contribution in [0.15, 0.2) is 54.9 Å². The molecule has 0 saturated carbocycles. The summed E-state index contributed by atoms with van der Waals surface area (Å²) in [6.07, 6.45) is 3.17. The Bertz CT molecular complexity index is 1550. The van der Waals surface area contributed by atoms with Gasteiger partial charge in [0.25, 0.3) is 5.91 Å². The van der Waals surface area contributed by atoms with Gasteiger partial charge in [0.15, 0.2) is 11.4 Å². The minimum atomic E-state index is -1.37. The van der Waals surface area contributed by atoms with E-state index in [-0.39, 0.29) is 34.2 Å². The van der Waals surface area contributed by atoms with Gasteiger partial charge >= 0.3 is 6.09 Å². The van der Waals surface area contributed by atoms with Crippen molar-refractivity contribution in [2.75, 3.05) is 24.1 Å². The lowest BCUT2D eigenvalue weighted by Gasteiger charge is -2.45. The van der Waals surface area contributed by atoms with Crippen molar-refractivity contribution >= 4 is 46.0 Å². The Balaban J connectivity index is 1.36. The minimum absolute atomic E-state index is 0.0493. The summed E-state index contributed by atoms with van der Waals surface area (Å²) in [7, 11) is 0. The highest BCUT2D eigenvalue weighted by Gasteiger charge is 2.48. The number of likely N-dealkylation sites (tertiary alicyclic amines) is 1. The van der Waals surface area contributed by atoms with Gasteiger partial charge in [-0.05, 0) is 37.1 Å². The fraction of sp³-hybridized carbons (Fsp3) is 0.200. The Morgan fingerprint density at radius 3 is 2.92 bits per heavy atom. The van der Waals surface area contributed by atoms with Crippen molar-refractivity contribution in [3.8, 4) is 5.69 Å². The van der Waals surface area contributed by atoms with Crippen molar-refractivity contribution in [1.29, 1.82) is 0 Å². The van der Waals surface area contributed by atoms with Gasteiger partial charge in [0.1, 0.15) is 11.4 Å². The molecule has 0 bridgehead atoms. The number of amides is 2. The van der Waals surface area contributed by atoms with Crippen LogP contribution in [0.2, 0.25) is 5.02 Å². The number of nitrogens with zero attached hydrogens (tertiary/aromatic N) is 4. The van der Waals surface area contributed by atoms with Gasteiger partial charge in [0.05, 0.1) is 40.2 Å². The maximum atomic E-state index is 15.2. The largest absolute Gasteiger partial charge is 0.436 e. The fourth-order valence-corrected chi connectivity index (χ4v) is 5.25. The number of nitrogens with one attached hydrogen (secondary N) is 1. The second-order valence-electron chi connectivity index (χ2n) is 8.83. The molecule has 2 aliphatic heterocycles. The maximum absolute atomic E-state index is 15.2. The molecule has 1 fully saturated rings. The molecule has 2 aromatic heterocycles. The molecule has 182 valence electrons. The lowest BCUT2D eigenvalue weighted by atomic mass is 9.83. The lowest BCUT2D eigenvalue weighted by molar-refractivity contribution is -0.0418. The van der Waals surface area contributed by atoms with Crippen LogP contribution in [0.5, 0.6) is 0 Å². The SMILES string of the molecule is Nc1c(C(=O)N2CCC[C@@]3(C2)OC(=O)Nc2ccc(Cl)c(F)c23)cnn1-c1ccnc2ccccc12. The van der Waals surface area contributed by atoms with Crippen LogP contribution in [-0.2, 0) is 10.3 Å². The molecule has 4 aromatic rings. The number of anilines is 2. The number of carbonyl (C=O) groups excluding carboxylic acids is 2. The maximum Gasteiger partial charge on any atom is 0.412 e. The number of carbonyl (C=O) groups is 2. The molecule has 0 unspecified atom stereocenters. The Kier molecular flexibility index (Phi) is 5.08. The number of aromatic nitrogens is 3. The van der Waals surface area contributed by atoms with Crippen LogP contribution in [0.3, 0.4) is 0 Å². The third kappa shape index (κ3) is 3.36. The van der Waals surface area contributed by atoms with Gasteiger partial charge in [-0.3, -0.25) is 15.1 Å². The summed E-state index contributed by atoms with van der Waals surface area (Å²) in [5.41, 5.74) is 7.10. The van der Waals surface area contributed by atoms with Crippen LogP contribution in [-0.4, -0.2) is 44.8 Å². The van der Waals surface area contributed by atoms with Gasteiger partial charge in [-0.1, -0.05) is 29.8 Å². The minimum Gasteiger partial charge on any atom is -0.436 e. The van der Waals surface area contributed by atoms with E-state index in [0.717, 1.165) is 10.9 Å². The van der Waals surface area contributed by atoms with Crippen molar-refractivity contribution in [2.45, 2.75) is 18.4 Å². The number of fused-ring (bicyclic) bond motifs is 3. The van der Waals surface area contributed by atoms with Crippen LogP contribution >= 0.6 is 11.6 Å². The summed E-state index contributed by atoms with van der Waals surface area (Å²) in [6, 6.07) is 12.2. The van der Waals surface area contributed by atoms with Gasteiger partial charge in [-0.25, -0.2) is 13.9 Å². The lowest BCUT2D eigenvalue weighted by Crippen LogP contribution is -2.53. The number of piperidine rings is 1. The molecular formula is C25H20ClFN6O3. The number of pyridine rings is 1. The molecule has 0 radical (unpaired) electrons. The smallest absolute Gasteiger partial charge is 0.412 e. The number of ether oxygens (including phenoxy) is 1. The molecule has 1 spiro atoms. The second kappa shape index (κ2) is 8.20. The molecule has 4 heterocycles. The van der Waals surface area contributed by atoms with Crippen molar-refractivity contribution in [3.05, 3.63) is 76.8 Å². The Labute approximate surface area is 209 Å². The van der Waals surface area contributed by atoms with E-state index in [9.17, 15) is 9.59 Å². The third-order valence-electron chi connectivity index (χ3n) is 6.71. The molecular weight excluding hydrogens is 487 g/mol. The zero-order chi connectivity index (χ0) is 25.0. The molecule has 36 heavy (non-hydrogen) atoms. The Hall–Kier alpha value is -4.18. The topological polar surface area (TPSA) is 115 Å². The second-order valence-corrected chi connectivity index (χ2v) is 9.23. The van der Waals surface area contributed by atoms with E-state index in [2.05, 4.69) is 15.4 Å². The highest BCUT2D eigenvalue weighted by Crippen LogP contribution is 2.45. The Morgan fingerprint density at radius 1 is 1.22 bits per heavy atom. The predicted octanol–water partition coefficient (Wildman–Crippen LogP) is 4.49. The molecule has 1 atom stereocenters. The molecule has 9 nitrogen and oxygen atoms in total. The van der Waals surface area contributed by atoms with Gasteiger partial charge in [0, 0.05) is 18.1 Å². The van der Waals surface area contributed by atoms with E-state index in [1.165, 1.54) is 27.9 Å². The quantitative estimate of drug-likeness (QED) is 0.414. The molecule has 0 aliphatic carbocycles. The van der Waals surface area contributed by atoms with Crippen LogP contribution in [0.1, 0.15) is 28.8 Å². The van der Waals surface area contributed by atoms with E-state index in [0.29, 0.717) is 25.1 Å². The molecule has 2 aliphatic rings. The summed E-state index contributed by atoms with van der Waals surface area (Å²) < 4.78 is 22.3. The highest BCUT2D eigenvalue weighted by molar-refractivity contribution is 6.31. The number of nitrogen functional groups attached to an aromatic ring is 1. The monoisotopic (exact) mass is 506 g/mol. The first-order valence-electron chi connectivity index (χ1n) is 11.3. The van der Waals surface area contributed by atoms with Crippen molar-refractivity contribution in [3.63, 3.8) is 0 Å². The summed E-state index contributed by atoms with van der Waals surface area (Å²) in [4.78, 5) is 31.8. The predicted molar refractivity (Wildman–Crippen MR) is 132 cm³/mol. The van der Waals surface area contributed by atoms with E-state index in [4.69, 9.17) is 22.1 Å². The number of rotatable bonds is 2. The normalized spacial score (nSPS) is 19.2. The standard InChI is InChI=1S/C25H20ClFN6O3/c26-16-6-7-18-20(21(16)27)25(36-24(35)31-18)9-3-11-32(13-25)23(34)15-12-30-33(22(15)28)19-8-10-29-17-5-2-1-4-14(17)19/h1-2,4-8,10,12H,3,9,11,13,28H2,(H,31,35)/t25-/m0/s1. The summed E-state index contributed by atoms with van der Waals surface area (Å²) >= 11 is 6.05. The highest BCUT2D eigenvalue weighted by atomic mass is 35.5. The van der Waals surface area contributed by atoms with Gasteiger partial charge in [0.2, 0.25) is 0 Å². The first-order valence-corrected chi connectivity index (χ1v) is 11.7. The van der Waals surface area contributed by atoms with Crippen molar-refractivity contribution in [2.24, 2.45) is 0 Å². The van der Waals surface area contributed by atoms with Gasteiger partial charge < -0.3 is 15.4 Å². The van der Waals surface area contributed by atoms with Crippen LogP contribution in [0.25, 0.3) is 16.6 Å². The summed E-state index contributed by atoms with van der Waals surface area (Å²) in [5, 5.41) is 7.63. The van der Waals surface area contributed by atoms with E-state index >= 15 is 4.39 Å². The number of halogens is 2. The third-order valence-corrected chi connectivity index (χ3v) is 7.00. The molecule has 2 aromatic carbocycles. The summed E-state index contributed by atoms with van der Waals surface area (Å²) in [5.74, 6) is -0.914. The van der Waals surface area contributed by atoms with E-state index in [1.54, 1.807) is 12.3 Å². The van der Waals surface area contributed by atoms with Gasteiger partial charge in [-0.15, -0.1) is 0 Å². The molecule has 1 saturated heterocycles. The van der Waals surface area contributed by atoms with Crippen LogP contribution in [0.4, 0.5) is 20.7 Å². The van der Waals surface area contributed by atoms with E-state index in [1.807, 2.05) is 24.3 Å². The molecule has 11 heteroatoms. The van der Waals surface area contributed by atoms with Crippen LogP contribution < -0.4 is 11.1 Å². The number of para-hydroxylation sites is 1. The van der Waals surface area contributed by atoms with Gasteiger partial charge in [-0.2, -0.15) is 5.10 Å². The fourth-order valence-electron chi connectivity index (χ4n) is 5.10. The van der Waals surface area contributed by atoms with E-state index < -0.39 is 23.4 Å². The molecule has 2 amide bonds. The zero-order valence-corrected chi connectivity index (χ0v) is 19.6. The Morgan fingerprint density at radius 2 is 2.06 bits per heavy atom. The average molecular weight is 507 g/mol. The molecule has 6 rings (SSSR count).